The molecule has 0 aromatic heterocycles. The molecule has 26 heavy (non-hydrogen) atoms. The lowest BCUT2D eigenvalue weighted by Gasteiger charge is -2.20. The van der Waals surface area contributed by atoms with Crippen molar-refractivity contribution in [1.82, 2.24) is 0 Å². The van der Waals surface area contributed by atoms with Gasteiger partial charge in [-0.3, -0.25) is 9.59 Å². The Bertz CT molecular complexity index is 843. The number of amides is 2. The zero-order valence-corrected chi connectivity index (χ0v) is 14.4. The molecule has 0 aliphatic heterocycles. The average molecular weight is 360 g/mol. The van der Waals surface area contributed by atoms with Crippen molar-refractivity contribution in [3.63, 3.8) is 0 Å². The van der Waals surface area contributed by atoms with Crippen molar-refractivity contribution < 1.29 is 23.1 Å². The third-order valence-electron chi connectivity index (χ3n) is 4.23. The van der Waals surface area contributed by atoms with Crippen LogP contribution in [0.4, 0.5) is 20.2 Å². The Balaban J connectivity index is 1.86. The Kier molecular flexibility index (Phi) is 4.88. The summed E-state index contributed by atoms with van der Waals surface area (Å²) in [7, 11) is 2.77. The Hall–Kier alpha value is -2.96. The Morgan fingerprint density at radius 3 is 2.35 bits per heavy atom. The van der Waals surface area contributed by atoms with E-state index >= 15 is 0 Å². The third-order valence-corrected chi connectivity index (χ3v) is 4.23. The average Bonchev–Trinajstić information content (AvgIpc) is 3.45. The number of anilines is 2. The molecule has 1 aliphatic carbocycles. The van der Waals surface area contributed by atoms with Gasteiger partial charge in [0.05, 0.1) is 18.4 Å². The second-order valence-electron chi connectivity index (χ2n) is 6.12. The van der Waals surface area contributed by atoms with Gasteiger partial charge in [-0.05, 0) is 25.0 Å². The maximum Gasteiger partial charge on any atom is 0.257 e. The highest BCUT2D eigenvalue weighted by Gasteiger charge is 2.33. The second kappa shape index (κ2) is 7.11. The molecule has 0 saturated heterocycles. The van der Waals surface area contributed by atoms with Gasteiger partial charge in [0, 0.05) is 30.8 Å². The van der Waals surface area contributed by atoms with Gasteiger partial charge in [0.1, 0.15) is 0 Å². The van der Waals surface area contributed by atoms with Crippen LogP contribution in [0.2, 0.25) is 0 Å². The van der Waals surface area contributed by atoms with Gasteiger partial charge in [-0.25, -0.2) is 8.78 Å². The number of rotatable bonds is 5. The van der Waals surface area contributed by atoms with E-state index in [1.54, 1.807) is 31.3 Å². The van der Waals surface area contributed by atoms with Crippen LogP contribution >= 0.6 is 0 Å². The maximum atomic E-state index is 13.8. The maximum absolute atomic E-state index is 13.8. The first-order valence-electron chi connectivity index (χ1n) is 8.13. The summed E-state index contributed by atoms with van der Waals surface area (Å²) in [5.41, 5.74) is 0.633. The highest BCUT2D eigenvalue weighted by molar-refractivity contribution is 6.10. The summed E-state index contributed by atoms with van der Waals surface area (Å²) in [6.07, 6.45) is 1.70. The lowest BCUT2D eigenvalue weighted by atomic mass is 10.1. The number of benzene rings is 2. The first-order valence-corrected chi connectivity index (χ1v) is 8.13. The second-order valence-corrected chi connectivity index (χ2v) is 6.12. The predicted molar refractivity (Wildman–Crippen MR) is 93.4 cm³/mol. The van der Waals surface area contributed by atoms with Gasteiger partial charge in [0.2, 0.25) is 5.91 Å². The first-order chi connectivity index (χ1) is 12.4. The van der Waals surface area contributed by atoms with Gasteiger partial charge in [-0.1, -0.05) is 12.1 Å². The molecule has 7 heteroatoms. The molecule has 1 N–H and O–H groups in total. The van der Waals surface area contributed by atoms with Gasteiger partial charge in [-0.15, -0.1) is 0 Å². The van der Waals surface area contributed by atoms with Crippen LogP contribution in [0.15, 0.2) is 36.4 Å². The van der Waals surface area contributed by atoms with Crippen molar-refractivity contribution in [2.45, 2.75) is 12.8 Å². The predicted octanol–water partition coefficient (Wildman–Crippen LogP) is 3.60. The number of nitrogens with one attached hydrogen (secondary N) is 1. The third kappa shape index (κ3) is 3.51. The van der Waals surface area contributed by atoms with Crippen molar-refractivity contribution in [2.75, 3.05) is 24.4 Å². The number of carbonyl (C=O) groups excluding carboxylic acids is 2. The largest absolute Gasteiger partial charge is 0.491 e. The molecule has 0 radical (unpaired) electrons. The summed E-state index contributed by atoms with van der Waals surface area (Å²) in [6, 6.07) is 8.53. The van der Waals surface area contributed by atoms with Crippen molar-refractivity contribution >= 4 is 23.2 Å². The molecular formula is C19H18F2N2O3. The molecule has 3 rings (SSSR count). The summed E-state index contributed by atoms with van der Waals surface area (Å²) in [6.45, 7) is 0. The fourth-order valence-electron chi connectivity index (χ4n) is 2.71. The SMILES string of the molecule is COc1c(F)cc(NC(=O)c2ccccc2N(C)C(=O)C2CC2)cc1F. The minimum atomic E-state index is -0.919. The zero-order valence-electron chi connectivity index (χ0n) is 14.4. The minimum absolute atomic E-state index is 0.000831. The Labute approximate surface area is 149 Å². The summed E-state index contributed by atoms with van der Waals surface area (Å²) in [5.74, 6) is -2.97. The number of carbonyl (C=O) groups is 2. The monoisotopic (exact) mass is 360 g/mol. The molecule has 2 amide bonds. The summed E-state index contributed by atoms with van der Waals surface area (Å²) in [5, 5.41) is 2.46. The lowest BCUT2D eigenvalue weighted by Crippen LogP contribution is -2.30. The smallest absolute Gasteiger partial charge is 0.257 e. The molecule has 5 nitrogen and oxygen atoms in total. The van der Waals surface area contributed by atoms with Crippen LogP contribution in [0, 0.1) is 17.6 Å². The van der Waals surface area contributed by atoms with Crippen LogP contribution in [0.5, 0.6) is 5.75 Å². The topological polar surface area (TPSA) is 58.6 Å². The van der Waals surface area contributed by atoms with E-state index in [4.69, 9.17) is 0 Å². The highest BCUT2D eigenvalue weighted by atomic mass is 19.1. The van der Waals surface area contributed by atoms with Gasteiger partial charge < -0.3 is 15.0 Å². The molecule has 0 heterocycles. The van der Waals surface area contributed by atoms with E-state index in [9.17, 15) is 18.4 Å². The quantitative estimate of drug-likeness (QED) is 0.886. The Morgan fingerprint density at radius 1 is 1.15 bits per heavy atom. The summed E-state index contributed by atoms with van der Waals surface area (Å²) in [4.78, 5) is 26.3. The van der Waals surface area contributed by atoms with Gasteiger partial charge in [0.25, 0.3) is 5.91 Å². The van der Waals surface area contributed by atoms with Crippen molar-refractivity contribution in [1.29, 1.82) is 0 Å². The van der Waals surface area contributed by atoms with E-state index in [0.717, 1.165) is 32.1 Å². The number of methoxy groups -OCH3 is 1. The molecule has 1 fully saturated rings. The van der Waals surface area contributed by atoms with Gasteiger partial charge in [0.15, 0.2) is 17.4 Å². The fraction of sp³-hybridized carbons (Fsp3) is 0.263. The standard InChI is InChI=1S/C19H18F2N2O3/c1-23(19(25)11-7-8-11)16-6-4-3-5-13(16)18(24)22-12-9-14(20)17(26-2)15(21)10-12/h3-6,9-11H,7-8H2,1-2H3,(H,22,24). The zero-order chi connectivity index (χ0) is 18.8. The number of hydrogen-bond acceptors (Lipinski definition) is 3. The van der Waals surface area contributed by atoms with Crippen molar-refractivity contribution in [3.8, 4) is 5.75 Å². The van der Waals surface area contributed by atoms with Crippen molar-refractivity contribution in [2.24, 2.45) is 5.92 Å². The molecule has 0 bridgehead atoms. The Morgan fingerprint density at radius 2 is 1.77 bits per heavy atom. The number of para-hydroxylation sites is 1. The molecule has 0 spiro atoms. The molecular weight excluding hydrogens is 342 g/mol. The lowest BCUT2D eigenvalue weighted by molar-refractivity contribution is -0.119. The van der Waals surface area contributed by atoms with E-state index in [-0.39, 0.29) is 23.1 Å². The molecule has 2 aromatic rings. The number of ether oxygens (including phenoxy) is 1. The van der Waals surface area contributed by atoms with E-state index in [2.05, 4.69) is 10.1 Å². The minimum Gasteiger partial charge on any atom is -0.491 e. The number of halogens is 2. The van der Waals surface area contributed by atoms with E-state index in [1.165, 1.54) is 4.90 Å². The van der Waals surface area contributed by atoms with Gasteiger partial charge >= 0.3 is 0 Å². The van der Waals surface area contributed by atoms with E-state index in [1.807, 2.05) is 0 Å². The summed E-state index contributed by atoms with van der Waals surface area (Å²) < 4.78 is 32.2. The molecule has 1 saturated carbocycles. The van der Waals surface area contributed by atoms with Crippen LogP contribution in [0.1, 0.15) is 23.2 Å². The molecule has 2 aromatic carbocycles. The molecule has 136 valence electrons. The first kappa shape index (κ1) is 17.8. The van der Waals surface area contributed by atoms with Crippen molar-refractivity contribution in [3.05, 3.63) is 53.6 Å². The van der Waals surface area contributed by atoms with E-state index < -0.39 is 23.3 Å². The van der Waals surface area contributed by atoms with Crippen LogP contribution in [-0.4, -0.2) is 26.0 Å². The van der Waals surface area contributed by atoms with E-state index in [0.29, 0.717) is 5.69 Å². The normalized spacial score (nSPS) is 13.2. The van der Waals surface area contributed by atoms with Crippen LogP contribution in [-0.2, 0) is 4.79 Å². The van der Waals surface area contributed by atoms with Gasteiger partial charge in [-0.2, -0.15) is 0 Å². The molecule has 0 unspecified atom stereocenters. The highest BCUT2D eigenvalue weighted by Crippen LogP contribution is 2.33. The summed E-state index contributed by atoms with van der Waals surface area (Å²) >= 11 is 0. The molecule has 1 aliphatic rings. The molecule has 0 atom stereocenters. The van der Waals surface area contributed by atoms with Crippen LogP contribution < -0.4 is 15.0 Å². The van der Waals surface area contributed by atoms with Crippen LogP contribution in [0.3, 0.4) is 0 Å². The number of nitrogens with zero attached hydrogens (tertiary/aromatic N) is 1. The fourth-order valence-corrected chi connectivity index (χ4v) is 2.71. The number of hydrogen-bond donors (Lipinski definition) is 1. The van der Waals surface area contributed by atoms with Crippen LogP contribution in [0.25, 0.3) is 0 Å².